The van der Waals surface area contributed by atoms with Crippen LogP contribution in [0.5, 0.6) is 5.75 Å². The van der Waals surface area contributed by atoms with Gasteiger partial charge in [0.1, 0.15) is 5.75 Å². The largest absolute Gasteiger partial charge is 0.497 e. The van der Waals surface area contributed by atoms with E-state index in [2.05, 4.69) is 23.2 Å². The average molecular weight is 187 g/mol. The SMILES string of the molecule is COc1ccc(C2=CC=NCC2)cc1. The van der Waals surface area contributed by atoms with Gasteiger partial charge in [0, 0.05) is 12.8 Å². The molecule has 0 aliphatic carbocycles. The summed E-state index contributed by atoms with van der Waals surface area (Å²) in [5.41, 5.74) is 2.61. The Morgan fingerprint density at radius 3 is 2.57 bits per heavy atom. The Hall–Kier alpha value is -1.57. The van der Waals surface area contributed by atoms with Gasteiger partial charge in [-0.05, 0) is 35.8 Å². The summed E-state index contributed by atoms with van der Waals surface area (Å²) < 4.78 is 5.11. The van der Waals surface area contributed by atoms with Crippen molar-refractivity contribution < 1.29 is 4.74 Å². The lowest BCUT2D eigenvalue weighted by Gasteiger charge is -2.09. The zero-order chi connectivity index (χ0) is 9.80. The molecule has 1 aromatic carbocycles. The number of hydrogen-bond acceptors (Lipinski definition) is 2. The standard InChI is InChI=1S/C12H13NO/c1-14-12-4-2-10(3-5-12)11-6-8-13-9-7-11/h2-6,8H,7,9H2,1H3. The zero-order valence-electron chi connectivity index (χ0n) is 8.23. The first-order chi connectivity index (χ1) is 6.90. The molecule has 0 spiro atoms. The molecule has 0 unspecified atom stereocenters. The molecule has 0 fully saturated rings. The van der Waals surface area contributed by atoms with Crippen LogP contribution in [0.25, 0.3) is 5.57 Å². The van der Waals surface area contributed by atoms with Gasteiger partial charge < -0.3 is 4.74 Å². The van der Waals surface area contributed by atoms with Gasteiger partial charge in [-0.15, -0.1) is 0 Å². The number of benzene rings is 1. The number of aliphatic imine (C=N–C) groups is 1. The second kappa shape index (κ2) is 4.09. The van der Waals surface area contributed by atoms with Gasteiger partial charge in [0.25, 0.3) is 0 Å². The summed E-state index contributed by atoms with van der Waals surface area (Å²) in [6, 6.07) is 8.15. The minimum Gasteiger partial charge on any atom is -0.497 e. The van der Waals surface area contributed by atoms with Crippen LogP contribution in [0.2, 0.25) is 0 Å². The Kier molecular flexibility index (Phi) is 2.63. The van der Waals surface area contributed by atoms with Crippen molar-refractivity contribution >= 4 is 11.8 Å². The first-order valence-electron chi connectivity index (χ1n) is 4.73. The van der Waals surface area contributed by atoms with Gasteiger partial charge in [0.2, 0.25) is 0 Å². The molecular weight excluding hydrogens is 174 g/mol. The Bertz CT molecular complexity index is 362. The molecule has 0 saturated heterocycles. The molecule has 0 radical (unpaired) electrons. The van der Waals surface area contributed by atoms with E-state index in [1.165, 1.54) is 11.1 Å². The van der Waals surface area contributed by atoms with Gasteiger partial charge >= 0.3 is 0 Å². The lowest BCUT2D eigenvalue weighted by atomic mass is 10.0. The Morgan fingerprint density at radius 1 is 1.21 bits per heavy atom. The summed E-state index contributed by atoms with van der Waals surface area (Å²) >= 11 is 0. The van der Waals surface area contributed by atoms with E-state index in [0.717, 1.165) is 18.7 Å². The molecule has 0 aromatic heterocycles. The third kappa shape index (κ3) is 1.84. The van der Waals surface area contributed by atoms with E-state index in [1.54, 1.807) is 7.11 Å². The second-order valence-electron chi connectivity index (χ2n) is 3.23. The predicted molar refractivity (Wildman–Crippen MR) is 58.9 cm³/mol. The normalized spacial score (nSPS) is 15.1. The quantitative estimate of drug-likeness (QED) is 0.697. The molecule has 1 aromatic rings. The summed E-state index contributed by atoms with van der Waals surface area (Å²) in [7, 11) is 1.68. The van der Waals surface area contributed by atoms with E-state index in [0.29, 0.717) is 0 Å². The van der Waals surface area contributed by atoms with Crippen LogP contribution >= 0.6 is 0 Å². The third-order valence-corrected chi connectivity index (χ3v) is 2.35. The maximum Gasteiger partial charge on any atom is 0.118 e. The Balaban J connectivity index is 2.24. The highest BCUT2D eigenvalue weighted by Crippen LogP contribution is 2.22. The van der Waals surface area contributed by atoms with Crippen LogP contribution in [0.15, 0.2) is 35.3 Å². The van der Waals surface area contributed by atoms with Crippen molar-refractivity contribution in [1.29, 1.82) is 0 Å². The van der Waals surface area contributed by atoms with Gasteiger partial charge in [-0.3, -0.25) is 4.99 Å². The number of hydrogen-bond donors (Lipinski definition) is 0. The van der Waals surface area contributed by atoms with Crippen molar-refractivity contribution in [2.75, 3.05) is 13.7 Å². The molecule has 0 atom stereocenters. The molecule has 1 aliphatic heterocycles. The van der Waals surface area contributed by atoms with Crippen molar-refractivity contribution in [2.45, 2.75) is 6.42 Å². The van der Waals surface area contributed by atoms with Crippen molar-refractivity contribution in [2.24, 2.45) is 4.99 Å². The van der Waals surface area contributed by atoms with E-state index >= 15 is 0 Å². The molecule has 0 amide bonds. The van der Waals surface area contributed by atoms with E-state index in [1.807, 2.05) is 18.3 Å². The number of methoxy groups -OCH3 is 1. The molecule has 1 aliphatic rings. The Labute approximate surface area is 83.9 Å². The van der Waals surface area contributed by atoms with Crippen molar-refractivity contribution in [3.8, 4) is 5.75 Å². The van der Waals surface area contributed by atoms with Crippen LogP contribution in [0.1, 0.15) is 12.0 Å². The second-order valence-corrected chi connectivity index (χ2v) is 3.23. The summed E-state index contributed by atoms with van der Waals surface area (Å²) in [5.74, 6) is 0.902. The average Bonchev–Trinajstić information content (AvgIpc) is 2.30. The number of rotatable bonds is 2. The highest BCUT2D eigenvalue weighted by molar-refractivity contribution is 5.86. The van der Waals surface area contributed by atoms with Crippen LogP contribution in [-0.2, 0) is 0 Å². The van der Waals surface area contributed by atoms with Crippen LogP contribution in [-0.4, -0.2) is 19.9 Å². The van der Waals surface area contributed by atoms with Gasteiger partial charge in [-0.25, -0.2) is 0 Å². The molecule has 0 saturated carbocycles. The van der Waals surface area contributed by atoms with Crippen LogP contribution in [0, 0.1) is 0 Å². The lowest BCUT2D eigenvalue weighted by molar-refractivity contribution is 0.415. The highest BCUT2D eigenvalue weighted by atomic mass is 16.5. The van der Waals surface area contributed by atoms with E-state index < -0.39 is 0 Å². The van der Waals surface area contributed by atoms with E-state index in [4.69, 9.17) is 4.74 Å². The Morgan fingerprint density at radius 2 is 2.00 bits per heavy atom. The summed E-state index contributed by atoms with van der Waals surface area (Å²) in [6.45, 7) is 0.901. The van der Waals surface area contributed by atoms with E-state index in [9.17, 15) is 0 Å². The zero-order valence-corrected chi connectivity index (χ0v) is 8.23. The molecule has 0 bridgehead atoms. The molecule has 0 N–H and O–H groups in total. The summed E-state index contributed by atoms with van der Waals surface area (Å²) in [5, 5.41) is 0. The highest BCUT2D eigenvalue weighted by Gasteiger charge is 2.03. The maximum absolute atomic E-state index is 5.11. The lowest BCUT2D eigenvalue weighted by Crippen LogP contribution is -1.94. The molecule has 72 valence electrons. The fourth-order valence-corrected chi connectivity index (χ4v) is 1.53. The molecule has 2 heteroatoms. The topological polar surface area (TPSA) is 21.6 Å². The van der Waals surface area contributed by atoms with Crippen LogP contribution < -0.4 is 4.74 Å². The van der Waals surface area contributed by atoms with E-state index in [-0.39, 0.29) is 0 Å². The van der Waals surface area contributed by atoms with Crippen LogP contribution in [0.3, 0.4) is 0 Å². The number of allylic oxidation sites excluding steroid dienone is 1. The number of ether oxygens (including phenoxy) is 1. The third-order valence-electron chi connectivity index (χ3n) is 2.35. The molecular formula is C12H13NO. The maximum atomic E-state index is 5.11. The number of nitrogens with zero attached hydrogens (tertiary/aromatic N) is 1. The van der Waals surface area contributed by atoms with Gasteiger partial charge in [-0.1, -0.05) is 12.1 Å². The van der Waals surface area contributed by atoms with Crippen molar-refractivity contribution in [3.05, 3.63) is 35.9 Å². The van der Waals surface area contributed by atoms with Crippen molar-refractivity contribution in [3.63, 3.8) is 0 Å². The fraction of sp³-hybridized carbons (Fsp3) is 0.250. The summed E-state index contributed by atoms with van der Waals surface area (Å²) in [4.78, 5) is 4.16. The predicted octanol–water partition coefficient (Wildman–Crippen LogP) is 2.55. The van der Waals surface area contributed by atoms with Crippen LogP contribution in [0.4, 0.5) is 0 Å². The first-order valence-corrected chi connectivity index (χ1v) is 4.73. The summed E-state index contributed by atoms with van der Waals surface area (Å²) in [6.07, 6.45) is 4.98. The molecule has 2 rings (SSSR count). The van der Waals surface area contributed by atoms with Gasteiger partial charge in [-0.2, -0.15) is 0 Å². The first kappa shape index (κ1) is 9.00. The van der Waals surface area contributed by atoms with Gasteiger partial charge in [0.15, 0.2) is 0 Å². The molecule has 14 heavy (non-hydrogen) atoms. The molecule has 2 nitrogen and oxygen atoms in total. The monoisotopic (exact) mass is 187 g/mol. The van der Waals surface area contributed by atoms with Crippen molar-refractivity contribution in [1.82, 2.24) is 0 Å². The fourth-order valence-electron chi connectivity index (χ4n) is 1.53. The molecule has 1 heterocycles. The minimum atomic E-state index is 0.901. The number of dihydropyridines is 1. The minimum absolute atomic E-state index is 0.901. The smallest absolute Gasteiger partial charge is 0.118 e. The van der Waals surface area contributed by atoms with Gasteiger partial charge in [0.05, 0.1) is 7.11 Å².